The first-order valence-electron chi connectivity index (χ1n) is 6.09. The highest BCUT2D eigenvalue weighted by molar-refractivity contribution is 8.00. The maximum Gasteiger partial charge on any atom is 0.175 e. The highest BCUT2D eigenvalue weighted by atomic mass is 32.2. The van der Waals surface area contributed by atoms with Crippen molar-refractivity contribution in [3.05, 3.63) is 65.5 Å². The van der Waals surface area contributed by atoms with Crippen LogP contribution >= 0.6 is 11.8 Å². The average molecular weight is 274 g/mol. The summed E-state index contributed by atoms with van der Waals surface area (Å²) in [6.07, 6.45) is 0. The quantitative estimate of drug-likeness (QED) is 0.603. The van der Waals surface area contributed by atoms with Crippen LogP contribution < -0.4 is 0 Å². The lowest BCUT2D eigenvalue weighted by atomic mass is 10.1. The Labute approximate surface area is 116 Å². The molecule has 0 fully saturated rings. The number of halogens is 1. The van der Waals surface area contributed by atoms with E-state index in [0.29, 0.717) is 5.56 Å². The fraction of sp³-hybridized carbons (Fsp3) is 0.188. The van der Waals surface area contributed by atoms with Crippen LogP contribution in [-0.2, 0) is 0 Å². The number of aryl methyl sites for hydroxylation is 1. The van der Waals surface area contributed by atoms with Crippen LogP contribution in [-0.4, -0.2) is 11.0 Å². The maximum atomic E-state index is 13.1. The molecule has 0 aromatic heterocycles. The Kier molecular flexibility index (Phi) is 4.38. The molecular formula is C16H15FOS. The SMILES string of the molecule is Cc1ccc(C(=O)C(C)Sc2cccc(F)c2)cc1. The Balaban J connectivity index is 2.09. The van der Waals surface area contributed by atoms with Gasteiger partial charge in [0.15, 0.2) is 5.78 Å². The van der Waals surface area contributed by atoms with Crippen LogP contribution in [0.2, 0.25) is 0 Å². The van der Waals surface area contributed by atoms with Gasteiger partial charge in [-0.1, -0.05) is 35.9 Å². The molecule has 0 saturated heterocycles. The van der Waals surface area contributed by atoms with E-state index in [-0.39, 0.29) is 16.9 Å². The second-order valence-electron chi connectivity index (χ2n) is 4.45. The van der Waals surface area contributed by atoms with Gasteiger partial charge in [0.25, 0.3) is 0 Å². The van der Waals surface area contributed by atoms with Crippen molar-refractivity contribution in [3.63, 3.8) is 0 Å². The van der Waals surface area contributed by atoms with Gasteiger partial charge in [-0.05, 0) is 32.0 Å². The van der Waals surface area contributed by atoms with E-state index in [9.17, 15) is 9.18 Å². The van der Waals surface area contributed by atoms with E-state index in [1.165, 1.54) is 23.9 Å². The lowest BCUT2D eigenvalue weighted by Crippen LogP contribution is -2.13. The topological polar surface area (TPSA) is 17.1 Å². The van der Waals surface area contributed by atoms with Gasteiger partial charge in [-0.25, -0.2) is 4.39 Å². The monoisotopic (exact) mass is 274 g/mol. The summed E-state index contributed by atoms with van der Waals surface area (Å²) in [6, 6.07) is 13.8. The molecular weight excluding hydrogens is 259 g/mol. The van der Waals surface area contributed by atoms with E-state index in [4.69, 9.17) is 0 Å². The zero-order valence-corrected chi connectivity index (χ0v) is 11.7. The van der Waals surface area contributed by atoms with Gasteiger partial charge in [0.1, 0.15) is 5.82 Å². The molecule has 1 atom stereocenters. The van der Waals surface area contributed by atoms with Crippen molar-refractivity contribution in [2.24, 2.45) is 0 Å². The van der Waals surface area contributed by atoms with Gasteiger partial charge in [0.05, 0.1) is 5.25 Å². The third-order valence-electron chi connectivity index (χ3n) is 2.81. The maximum absolute atomic E-state index is 13.1. The first-order chi connectivity index (χ1) is 9.06. The molecule has 0 amide bonds. The van der Waals surface area contributed by atoms with Gasteiger partial charge in [-0.15, -0.1) is 11.8 Å². The standard InChI is InChI=1S/C16H15FOS/c1-11-6-8-13(9-7-11)16(18)12(2)19-15-5-3-4-14(17)10-15/h3-10,12H,1-2H3. The van der Waals surface area contributed by atoms with Crippen molar-refractivity contribution in [1.29, 1.82) is 0 Å². The molecule has 2 rings (SSSR count). The zero-order chi connectivity index (χ0) is 13.8. The highest BCUT2D eigenvalue weighted by Crippen LogP contribution is 2.26. The molecule has 0 radical (unpaired) electrons. The highest BCUT2D eigenvalue weighted by Gasteiger charge is 2.16. The fourth-order valence-corrected chi connectivity index (χ4v) is 2.74. The van der Waals surface area contributed by atoms with E-state index >= 15 is 0 Å². The van der Waals surface area contributed by atoms with Crippen molar-refractivity contribution < 1.29 is 9.18 Å². The predicted octanol–water partition coefficient (Wildman–Crippen LogP) is 4.50. The third kappa shape index (κ3) is 3.67. The number of ketones is 1. The Hall–Kier alpha value is -1.61. The van der Waals surface area contributed by atoms with Crippen LogP contribution in [0, 0.1) is 12.7 Å². The van der Waals surface area contributed by atoms with Gasteiger partial charge in [-0.2, -0.15) is 0 Å². The molecule has 98 valence electrons. The molecule has 0 aliphatic rings. The fourth-order valence-electron chi connectivity index (χ4n) is 1.75. The molecule has 0 aliphatic heterocycles. The molecule has 2 aromatic rings. The van der Waals surface area contributed by atoms with Crippen LogP contribution in [0.25, 0.3) is 0 Å². The summed E-state index contributed by atoms with van der Waals surface area (Å²) in [5.41, 5.74) is 1.82. The molecule has 0 saturated carbocycles. The summed E-state index contributed by atoms with van der Waals surface area (Å²) < 4.78 is 13.1. The molecule has 0 aliphatic carbocycles. The van der Waals surface area contributed by atoms with Crippen LogP contribution in [0.15, 0.2) is 53.4 Å². The van der Waals surface area contributed by atoms with Gasteiger partial charge < -0.3 is 0 Å². The minimum absolute atomic E-state index is 0.0641. The van der Waals surface area contributed by atoms with E-state index in [1.807, 2.05) is 44.2 Å². The largest absolute Gasteiger partial charge is 0.293 e. The number of carbonyl (C=O) groups excluding carboxylic acids is 1. The van der Waals surface area contributed by atoms with Crippen molar-refractivity contribution >= 4 is 17.5 Å². The third-order valence-corrected chi connectivity index (χ3v) is 3.91. The van der Waals surface area contributed by atoms with E-state index < -0.39 is 0 Å². The first kappa shape index (κ1) is 13.8. The Bertz CT molecular complexity index is 578. The number of carbonyl (C=O) groups is 1. The van der Waals surface area contributed by atoms with Crippen LogP contribution in [0.4, 0.5) is 4.39 Å². The number of hydrogen-bond donors (Lipinski definition) is 0. The lowest BCUT2D eigenvalue weighted by molar-refractivity contribution is 0.0994. The van der Waals surface area contributed by atoms with Crippen molar-refractivity contribution in [3.8, 4) is 0 Å². The Morgan fingerprint density at radius 2 is 1.84 bits per heavy atom. The van der Waals surface area contributed by atoms with Crippen molar-refractivity contribution in [2.75, 3.05) is 0 Å². The van der Waals surface area contributed by atoms with Crippen LogP contribution in [0.5, 0.6) is 0 Å². The van der Waals surface area contributed by atoms with E-state index in [2.05, 4.69) is 0 Å². The number of hydrogen-bond acceptors (Lipinski definition) is 2. The molecule has 1 unspecified atom stereocenters. The molecule has 3 heteroatoms. The second kappa shape index (κ2) is 6.02. The summed E-state index contributed by atoms with van der Waals surface area (Å²) in [6.45, 7) is 3.83. The van der Waals surface area contributed by atoms with Gasteiger partial charge in [0, 0.05) is 10.5 Å². The van der Waals surface area contributed by atoms with Crippen molar-refractivity contribution in [2.45, 2.75) is 24.0 Å². The Morgan fingerprint density at radius 3 is 2.47 bits per heavy atom. The number of Topliss-reactive ketones (excluding diaryl/α,β-unsaturated/α-hetero) is 1. The second-order valence-corrected chi connectivity index (χ2v) is 5.86. The zero-order valence-electron chi connectivity index (χ0n) is 10.9. The number of benzene rings is 2. The minimum Gasteiger partial charge on any atom is -0.293 e. The summed E-state index contributed by atoms with van der Waals surface area (Å²) >= 11 is 1.38. The summed E-state index contributed by atoms with van der Waals surface area (Å²) in [4.78, 5) is 13.0. The summed E-state index contributed by atoms with van der Waals surface area (Å²) in [7, 11) is 0. The van der Waals surface area contributed by atoms with Crippen LogP contribution in [0.3, 0.4) is 0 Å². The normalized spacial score (nSPS) is 12.2. The smallest absolute Gasteiger partial charge is 0.175 e. The van der Waals surface area contributed by atoms with Gasteiger partial charge in [0.2, 0.25) is 0 Å². The molecule has 1 nitrogen and oxygen atoms in total. The summed E-state index contributed by atoms with van der Waals surface area (Å²) in [5.74, 6) is -0.214. The lowest BCUT2D eigenvalue weighted by Gasteiger charge is -2.10. The molecule has 0 spiro atoms. The van der Waals surface area contributed by atoms with E-state index in [1.54, 1.807) is 6.07 Å². The molecule has 19 heavy (non-hydrogen) atoms. The summed E-state index contributed by atoms with van der Waals surface area (Å²) in [5, 5.41) is -0.232. The van der Waals surface area contributed by atoms with Crippen LogP contribution in [0.1, 0.15) is 22.8 Å². The van der Waals surface area contributed by atoms with Gasteiger partial charge in [-0.3, -0.25) is 4.79 Å². The van der Waals surface area contributed by atoms with E-state index in [0.717, 1.165) is 10.5 Å². The average Bonchev–Trinajstić information content (AvgIpc) is 2.39. The minimum atomic E-state index is -0.278. The van der Waals surface area contributed by atoms with Crippen molar-refractivity contribution in [1.82, 2.24) is 0 Å². The molecule has 0 heterocycles. The first-order valence-corrected chi connectivity index (χ1v) is 6.97. The molecule has 0 N–H and O–H groups in total. The van der Waals surface area contributed by atoms with Gasteiger partial charge >= 0.3 is 0 Å². The predicted molar refractivity (Wildman–Crippen MR) is 77.2 cm³/mol. The number of thioether (sulfide) groups is 1. The Morgan fingerprint density at radius 1 is 1.16 bits per heavy atom. The molecule has 2 aromatic carbocycles. The number of rotatable bonds is 4. The molecule has 0 bridgehead atoms.